The van der Waals surface area contributed by atoms with Crippen molar-refractivity contribution in [3.63, 3.8) is 0 Å². The lowest BCUT2D eigenvalue weighted by Gasteiger charge is -2.40. The smallest absolute Gasteiger partial charge is 0.210 e. The van der Waals surface area contributed by atoms with E-state index in [-0.39, 0.29) is 47.9 Å². The van der Waals surface area contributed by atoms with E-state index in [9.17, 15) is 8.42 Å². The number of guanidine groups is 1. The first kappa shape index (κ1) is 22.2. The van der Waals surface area contributed by atoms with Crippen molar-refractivity contribution in [2.24, 2.45) is 10.1 Å². The third-order valence-corrected chi connectivity index (χ3v) is 5.76. The second-order valence-corrected chi connectivity index (χ2v) is 8.79. The van der Waals surface area contributed by atoms with Gasteiger partial charge in [0.1, 0.15) is 11.4 Å². The first-order valence-electron chi connectivity index (χ1n) is 9.24. The molecule has 0 amide bonds. The SMILES string of the molecule is CCNC(=NCCS(N)(=O)=O)NC1CC2(CCCC2)Oc2ccccc21.I. The van der Waals surface area contributed by atoms with Crippen LogP contribution >= 0.6 is 24.0 Å². The molecule has 1 aliphatic carbocycles. The van der Waals surface area contributed by atoms with E-state index in [4.69, 9.17) is 9.88 Å². The highest BCUT2D eigenvalue weighted by atomic mass is 127. The molecule has 9 heteroatoms. The van der Waals surface area contributed by atoms with Crippen LogP contribution in [0.15, 0.2) is 29.3 Å². The predicted octanol–water partition coefficient (Wildman–Crippen LogP) is 2.28. The maximum absolute atomic E-state index is 11.1. The summed E-state index contributed by atoms with van der Waals surface area (Å²) < 4.78 is 28.7. The van der Waals surface area contributed by atoms with Gasteiger partial charge in [0.05, 0.1) is 18.3 Å². The number of benzene rings is 1. The molecule has 2 aliphatic rings. The molecule has 1 aliphatic heterocycles. The number of para-hydroxylation sites is 1. The second kappa shape index (κ2) is 9.42. The van der Waals surface area contributed by atoms with Crippen LogP contribution in [0.5, 0.6) is 5.75 Å². The Hall–Kier alpha value is -1.07. The van der Waals surface area contributed by atoms with Gasteiger partial charge in [0, 0.05) is 18.5 Å². The van der Waals surface area contributed by atoms with Gasteiger partial charge in [-0.05, 0) is 38.7 Å². The van der Waals surface area contributed by atoms with Crippen molar-refractivity contribution in [1.29, 1.82) is 0 Å². The highest BCUT2D eigenvalue weighted by molar-refractivity contribution is 14.0. The Balaban J connectivity index is 0.00000261. The fourth-order valence-corrected chi connectivity index (χ4v) is 4.19. The summed E-state index contributed by atoms with van der Waals surface area (Å²) in [6, 6.07) is 8.17. The Morgan fingerprint density at radius 3 is 2.70 bits per heavy atom. The molecule has 0 bridgehead atoms. The number of fused-ring (bicyclic) bond motifs is 1. The molecule has 1 fully saturated rings. The van der Waals surface area contributed by atoms with Crippen LogP contribution in [0.4, 0.5) is 0 Å². The largest absolute Gasteiger partial charge is 0.487 e. The fraction of sp³-hybridized carbons (Fsp3) is 0.611. The Kier molecular flexibility index (Phi) is 7.75. The number of nitrogens with two attached hydrogens (primary N) is 1. The first-order chi connectivity index (χ1) is 12.4. The lowest BCUT2D eigenvalue weighted by atomic mass is 9.86. The number of rotatable bonds is 5. The molecular formula is C18H29IN4O3S. The van der Waals surface area contributed by atoms with Crippen LogP contribution in [0.1, 0.15) is 50.6 Å². The monoisotopic (exact) mass is 508 g/mol. The molecule has 1 heterocycles. The van der Waals surface area contributed by atoms with E-state index in [1.165, 1.54) is 12.8 Å². The van der Waals surface area contributed by atoms with E-state index in [0.717, 1.165) is 30.6 Å². The number of nitrogens with one attached hydrogen (secondary N) is 2. The van der Waals surface area contributed by atoms with E-state index >= 15 is 0 Å². The number of nitrogens with zero attached hydrogens (tertiary/aromatic N) is 1. The van der Waals surface area contributed by atoms with Gasteiger partial charge in [0.25, 0.3) is 0 Å². The number of sulfonamides is 1. The molecule has 0 radical (unpaired) electrons. The van der Waals surface area contributed by atoms with Gasteiger partial charge in [-0.15, -0.1) is 24.0 Å². The molecule has 27 heavy (non-hydrogen) atoms. The average Bonchev–Trinajstić information content (AvgIpc) is 3.01. The van der Waals surface area contributed by atoms with Gasteiger partial charge < -0.3 is 15.4 Å². The number of hydrogen-bond acceptors (Lipinski definition) is 4. The molecule has 1 aromatic carbocycles. The summed E-state index contributed by atoms with van der Waals surface area (Å²) in [4.78, 5) is 4.38. The Morgan fingerprint density at radius 2 is 2.04 bits per heavy atom. The molecule has 1 spiro atoms. The maximum atomic E-state index is 11.1. The molecule has 152 valence electrons. The molecule has 1 unspecified atom stereocenters. The average molecular weight is 508 g/mol. The van der Waals surface area contributed by atoms with Gasteiger partial charge in [-0.25, -0.2) is 13.6 Å². The molecule has 0 saturated heterocycles. The van der Waals surface area contributed by atoms with Crippen LogP contribution < -0.4 is 20.5 Å². The highest BCUT2D eigenvalue weighted by Gasteiger charge is 2.43. The van der Waals surface area contributed by atoms with Crippen LogP contribution in [-0.2, 0) is 10.0 Å². The minimum absolute atomic E-state index is 0. The summed E-state index contributed by atoms with van der Waals surface area (Å²) in [5.41, 5.74) is 1.01. The van der Waals surface area contributed by atoms with Crippen molar-refractivity contribution >= 4 is 40.0 Å². The maximum Gasteiger partial charge on any atom is 0.210 e. The quantitative estimate of drug-likeness (QED) is 0.322. The molecular weight excluding hydrogens is 479 g/mol. The zero-order valence-electron chi connectivity index (χ0n) is 15.6. The predicted molar refractivity (Wildman–Crippen MR) is 118 cm³/mol. The third-order valence-electron chi connectivity index (χ3n) is 5.01. The number of ether oxygens (including phenoxy) is 1. The number of hydrogen-bond donors (Lipinski definition) is 3. The van der Waals surface area contributed by atoms with E-state index in [1.807, 2.05) is 25.1 Å². The van der Waals surface area contributed by atoms with Crippen molar-refractivity contribution in [3.8, 4) is 5.75 Å². The lowest BCUT2D eigenvalue weighted by Crippen LogP contribution is -2.46. The molecule has 3 rings (SSSR count). The van der Waals surface area contributed by atoms with E-state index in [2.05, 4.69) is 21.7 Å². The summed E-state index contributed by atoms with van der Waals surface area (Å²) in [6.45, 7) is 2.80. The summed E-state index contributed by atoms with van der Waals surface area (Å²) in [7, 11) is -3.52. The molecule has 1 aromatic rings. The summed E-state index contributed by atoms with van der Waals surface area (Å²) >= 11 is 0. The third kappa shape index (κ3) is 5.95. The van der Waals surface area contributed by atoms with Gasteiger partial charge in [-0.2, -0.15) is 0 Å². The minimum Gasteiger partial charge on any atom is -0.487 e. The topological polar surface area (TPSA) is 106 Å². The van der Waals surface area contributed by atoms with Gasteiger partial charge >= 0.3 is 0 Å². The van der Waals surface area contributed by atoms with Gasteiger partial charge in [-0.1, -0.05) is 18.2 Å². The lowest BCUT2D eigenvalue weighted by molar-refractivity contribution is 0.0396. The molecule has 0 aromatic heterocycles. The minimum atomic E-state index is -3.52. The van der Waals surface area contributed by atoms with Crippen LogP contribution in [0, 0.1) is 0 Å². The Bertz CT molecular complexity index is 764. The van der Waals surface area contributed by atoms with Crippen molar-refractivity contribution in [2.75, 3.05) is 18.8 Å². The van der Waals surface area contributed by atoms with Gasteiger partial charge in [0.15, 0.2) is 5.96 Å². The Labute approximate surface area is 178 Å². The summed E-state index contributed by atoms with van der Waals surface area (Å²) in [6.07, 6.45) is 5.40. The normalized spacial score (nSPS) is 21.1. The van der Waals surface area contributed by atoms with Crippen LogP contribution in [0.2, 0.25) is 0 Å². The summed E-state index contributed by atoms with van der Waals surface area (Å²) in [5.74, 6) is 1.36. The van der Waals surface area contributed by atoms with Crippen LogP contribution in [0.3, 0.4) is 0 Å². The number of aliphatic imine (C=N–C) groups is 1. The highest BCUT2D eigenvalue weighted by Crippen LogP contribution is 2.46. The molecule has 4 N–H and O–H groups in total. The van der Waals surface area contributed by atoms with E-state index in [1.54, 1.807) is 0 Å². The molecule has 1 saturated carbocycles. The van der Waals surface area contributed by atoms with Crippen LogP contribution in [-0.4, -0.2) is 38.8 Å². The van der Waals surface area contributed by atoms with Crippen molar-refractivity contribution < 1.29 is 13.2 Å². The zero-order valence-corrected chi connectivity index (χ0v) is 18.8. The molecule has 7 nitrogen and oxygen atoms in total. The first-order valence-corrected chi connectivity index (χ1v) is 11.0. The number of halogens is 1. The van der Waals surface area contributed by atoms with Gasteiger partial charge in [0.2, 0.25) is 10.0 Å². The van der Waals surface area contributed by atoms with Crippen molar-refractivity contribution in [3.05, 3.63) is 29.8 Å². The Morgan fingerprint density at radius 1 is 1.33 bits per heavy atom. The zero-order chi connectivity index (χ0) is 18.6. The molecule has 1 atom stereocenters. The van der Waals surface area contributed by atoms with Crippen LogP contribution in [0.25, 0.3) is 0 Å². The number of primary sulfonamides is 1. The summed E-state index contributed by atoms with van der Waals surface area (Å²) in [5, 5.41) is 11.7. The van der Waals surface area contributed by atoms with E-state index < -0.39 is 10.0 Å². The van der Waals surface area contributed by atoms with Gasteiger partial charge in [-0.3, -0.25) is 4.99 Å². The van der Waals surface area contributed by atoms with E-state index in [0.29, 0.717) is 12.5 Å². The van der Waals surface area contributed by atoms with Crippen molar-refractivity contribution in [1.82, 2.24) is 10.6 Å². The second-order valence-electron chi connectivity index (χ2n) is 7.06. The van der Waals surface area contributed by atoms with Crippen molar-refractivity contribution in [2.45, 2.75) is 50.7 Å². The standard InChI is InChI=1S/C18H28N4O3S.HI/c1-2-20-17(21-11-12-26(19,23)24)22-15-13-18(9-5-6-10-18)25-16-8-4-3-7-14(15)16;/h3-4,7-8,15H,2,5-6,9-13H2,1H3,(H2,19,23,24)(H2,20,21,22);1H. The fourth-order valence-electron chi connectivity index (χ4n) is 3.84.